The third-order valence-electron chi connectivity index (χ3n) is 7.72. The van der Waals surface area contributed by atoms with Gasteiger partial charge in [-0.2, -0.15) is 0 Å². The number of hydrogen-bond acceptors (Lipinski definition) is 5. The van der Waals surface area contributed by atoms with Gasteiger partial charge in [0, 0.05) is 51.5 Å². The minimum absolute atomic E-state index is 0.279. The third kappa shape index (κ3) is 6.17. The maximum atomic E-state index is 13.4. The quantitative estimate of drug-likeness (QED) is 0.121. The second-order valence-electron chi connectivity index (χ2n) is 10.6. The molecule has 220 valence electrons. The highest BCUT2D eigenvalue weighted by Crippen LogP contribution is 2.28. The lowest BCUT2D eigenvalue weighted by atomic mass is 10.00. The van der Waals surface area contributed by atoms with Crippen LogP contribution in [0.15, 0.2) is 115 Å². The number of carbonyl (C=O) groups is 2. The molecule has 1 atom stereocenters. The average molecular weight is 587 g/mol. The maximum absolute atomic E-state index is 13.4. The van der Waals surface area contributed by atoms with Gasteiger partial charge in [-0.3, -0.25) is 4.79 Å². The van der Waals surface area contributed by atoms with Crippen molar-refractivity contribution >= 4 is 39.2 Å². The monoisotopic (exact) mass is 586 g/mol. The van der Waals surface area contributed by atoms with E-state index in [1.807, 2.05) is 30.3 Å². The summed E-state index contributed by atoms with van der Waals surface area (Å²) in [6, 6.07) is 33.8. The summed E-state index contributed by atoms with van der Waals surface area (Å²) < 4.78 is 24.5. The number of H-pyrrole nitrogens is 1. The molecule has 1 unspecified atom stereocenters. The molecule has 44 heavy (non-hydrogen) atoms. The fourth-order valence-electron chi connectivity index (χ4n) is 5.47. The Hall–Kier alpha value is -5.43. The van der Waals surface area contributed by atoms with E-state index in [0.29, 0.717) is 29.8 Å². The summed E-state index contributed by atoms with van der Waals surface area (Å²) >= 11 is 0. The molecule has 0 aliphatic rings. The van der Waals surface area contributed by atoms with Crippen LogP contribution >= 0.6 is 0 Å². The van der Waals surface area contributed by atoms with Crippen molar-refractivity contribution in [1.82, 2.24) is 4.98 Å². The summed E-state index contributed by atoms with van der Waals surface area (Å²) in [4.78, 5) is 29.5. The maximum Gasteiger partial charge on any atom is 0.328 e. The summed E-state index contributed by atoms with van der Waals surface area (Å²) in [5.74, 6) is -0.423. The van der Waals surface area contributed by atoms with Crippen molar-refractivity contribution in [2.45, 2.75) is 18.9 Å². The van der Waals surface area contributed by atoms with Crippen LogP contribution in [0.5, 0.6) is 5.75 Å². The largest absolute Gasteiger partial charge is 0.493 e. The molecule has 0 radical (unpaired) electrons. The number of aromatic nitrogens is 1. The summed E-state index contributed by atoms with van der Waals surface area (Å²) in [7, 11) is 1.33. The number of fused-ring (bicyclic) bond motifs is 3. The third-order valence-corrected chi connectivity index (χ3v) is 7.72. The average Bonchev–Trinajstić information content (AvgIpc) is 3.45. The molecule has 6 aromatic rings. The number of carbonyl (C=O) groups excluding carboxylic acids is 2. The fraction of sp³-hybridized carbons (Fsp3) is 0.135. The Morgan fingerprint density at radius 3 is 2.34 bits per heavy atom. The molecule has 0 spiro atoms. The standard InChI is InChI=1S/C37H31FN2O4/c1-43-37(42)34(39-33-12-5-3-9-31(33)36(41)26-15-17-27(38)18-16-26)23-24-13-19-28(20-14-24)44-22-21-25-7-6-10-30-29-8-2-4-11-32(29)40-35(25)30/h2-20,34,39-40H,21-23H2,1H3. The Balaban J connectivity index is 1.11. The summed E-state index contributed by atoms with van der Waals surface area (Å²) in [5.41, 5.74) is 5.56. The van der Waals surface area contributed by atoms with Crippen molar-refractivity contribution in [3.8, 4) is 5.75 Å². The number of ketones is 1. The lowest BCUT2D eigenvalue weighted by molar-refractivity contribution is -0.141. The van der Waals surface area contributed by atoms with Crippen molar-refractivity contribution < 1.29 is 23.5 Å². The van der Waals surface area contributed by atoms with E-state index in [9.17, 15) is 14.0 Å². The molecule has 1 aromatic heterocycles. The second-order valence-corrected chi connectivity index (χ2v) is 10.6. The van der Waals surface area contributed by atoms with Gasteiger partial charge in [0.1, 0.15) is 17.6 Å². The van der Waals surface area contributed by atoms with E-state index in [-0.39, 0.29) is 5.78 Å². The number of esters is 1. The molecular weight excluding hydrogens is 555 g/mol. The van der Waals surface area contributed by atoms with E-state index in [1.54, 1.807) is 24.3 Å². The van der Waals surface area contributed by atoms with Crippen molar-refractivity contribution in [2.24, 2.45) is 0 Å². The first-order chi connectivity index (χ1) is 21.5. The summed E-state index contributed by atoms with van der Waals surface area (Å²) in [5, 5.41) is 5.62. The van der Waals surface area contributed by atoms with Crippen LogP contribution in [-0.4, -0.2) is 36.5 Å². The van der Waals surface area contributed by atoms with E-state index >= 15 is 0 Å². The number of hydrogen-bond donors (Lipinski definition) is 2. The molecule has 6 nitrogen and oxygen atoms in total. The molecule has 0 saturated heterocycles. The van der Waals surface area contributed by atoms with Gasteiger partial charge >= 0.3 is 5.97 Å². The molecule has 6 rings (SSSR count). The molecule has 5 aromatic carbocycles. The Bertz CT molecular complexity index is 1930. The van der Waals surface area contributed by atoms with Crippen LogP contribution in [0.2, 0.25) is 0 Å². The first kappa shape index (κ1) is 28.7. The predicted octanol–water partition coefficient (Wildman–Crippen LogP) is 7.51. The molecule has 0 aliphatic heterocycles. The number of ether oxygens (including phenoxy) is 2. The van der Waals surface area contributed by atoms with Crippen LogP contribution in [0.25, 0.3) is 21.8 Å². The number of anilines is 1. The Morgan fingerprint density at radius 1 is 0.818 bits per heavy atom. The molecule has 1 heterocycles. The minimum Gasteiger partial charge on any atom is -0.493 e. The first-order valence-corrected chi connectivity index (χ1v) is 14.4. The van der Waals surface area contributed by atoms with Crippen LogP contribution in [-0.2, 0) is 22.4 Å². The van der Waals surface area contributed by atoms with Crippen LogP contribution in [0.4, 0.5) is 10.1 Å². The van der Waals surface area contributed by atoms with Gasteiger partial charge in [0.15, 0.2) is 5.78 Å². The van der Waals surface area contributed by atoms with Crippen molar-refractivity contribution in [1.29, 1.82) is 0 Å². The van der Waals surface area contributed by atoms with Gasteiger partial charge in [0.05, 0.1) is 13.7 Å². The Kier molecular flexibility index (Phi) is 8.36. The predicted molar refractivity (Wildman–Crippen MR) is 171 cm³/mol. The molecule has 0 fully saturated rings. The van der Waals surface area contributed by atoms with E-state index in [4.69, 9.17) is 9.47 Å². The van der Waals surface area contributed by atoms with E-state index in [1.165, 1.54) is 47.7 Å². The molecule has 7 heteroatoms. The zero-order valence-corrected chi connectivity index (χ0v) is 24.2. The zero-order valence-electron chi connectivity index (χ0n) is 24.2. The van der Waals surface area contributed by atoms with Gasteiger partial charge in [-0.15, -0.1) is 0 Å². The number of benzene rings is 5. The number of aromatic amines is 1. The van der Waals surface area contributed by atoms with E-state index in [2.05, 4.69) is 46.7 Å². The van der Waals surface area contributed by atoms with E-state index < -0.39 is 17.8 Å². The van der Waals surface area contributed by atoms with Crippen molar-refractivity contribution in [3.63, 3.8) is 0 Å². The van der Waals surface area contributed by atoms with Crippen LogP contribution in [0.3, 0.4) is 0 Å². The SMILES string of the molecule is COC(=O)C(Cc1ccc(OCCc2cccc3c2[nH]c2ccccc23)cc1)Nc1ccccc1C(=O)c1ccc(F)cc1. The van der Waals surface area contributed by atoms with Gasteiger partial charge in [0.25, 0.3) is 0 Å². The van der Waals surface area contributed by atoms with Crippen LogP contribution < -0.4 is 10.1 Å². The van der Waals surface area contributed by atoms with Gasteiger partial charge in [-0.05, 0) is 65.7 Å². The topological polar surface area (TPSA) is 80.4 Å². The Morgan fingerprint density at radius 2 is 1.55 bits per heavy atom. The summed E-state index contributed by atoms with van der Waals surface area (Å²) in [6.07, 6.45) is 1.07. The highest BCUT2D eigenvalue weighted by Gasteiger charge is 2.23. The Labute approximate surface area is 254 Å². The lowest BCUT2D eigenvalue weighted by Gasteiger charge is -2.20. The van der Waals surface area contributed by atoms with Crippen LogP contribution in [0, 0.1) is 5.82 Å². The first-order valence-electron chi connectivity index (χ1n) is 14.4. The number of methoxy groups -OCH3 is 1. The van der Waals surface area contributed by atoms with Crippen molar-refractivity contribution in [2.75, 3.05) is 19.0 Å². The van der Waals surface area contributed by atoms with Gasteiger partial charge in [-0.25, -0.2) is 9.18 Å². The lowest BCUT2D eigenvalue weighted by Crippen LogP contribution is -2.33. The number of rotatable bonds is 11. The molecule has 2 N–H and O–H groups in total. The zero-order chi connectivity index (χ0) is 30.5. The molecule has 0 bridgehead atoms. The normalized spacial score (nSPS) is 11.8. The summed E-state index contributed by atoms with van der Waals surface area (Å²) in [6.45, 7) is 0.513. The molecule has 0 amide bonds. The fourth-order valence-corrected chi connectivity index (χ4v) is 5.47. The smallest absolute Gasteiger partial charge is 0.328 e. The molecule has 0 saturated carbocycles. The number of nitrogens with one attached hydrogen (secondary N) is 2. The van der Waals surface area contributed by atoms with Gasteiger partial charge in [0.2, 0.25) is 0 Å². The molecular formula is C37H31FN2O4. The van der Waals surface area contributed by atoms with Crippen molar-refractivity contribution in [3.05, 3.63) is 143 Å². The van der Waals surface area contributed by atoms with Crippen LogP contribution in [0.1, 0.15) is 27.0 Å². The second kappa shape index (κ2) is 12.8. The highest BCUT2D eigenvalue weighted by atomic mass is 19.1. The number of para-hydroxylation sites is 3. The number of halogens is 1. The minimum atomic E-state index is -0.745. The van der Waals surface area contributed by atoms with Gasteiger partial charge in [-0.1, -0.05) is 60.7 Å². The highest BCUT2D eigenvalue weighted by molar-refractivity contribution is 6.12. The van der Waals surface area contributed by atoms with E-state index in [0.717, 1.165) is 28.8 Å². The molecule has 0 aliphatic carbocycles. The van der Waals surface area contributed by atoms with Gasteiger partial charge < -0.3 is 19.8 Å².